The zero-order valence-electron chi connectivity index (χ0n) is 13.3. The van der Waals surface area contributed by atoms with Crippen molar-refractivity contribution in [3.63, 3.8) is 0 Å². The second kappa shape index (κ2) is 6.95. The zero-order chi connectivity index (χ0) is 16.2. The lowest BCUT2D eigenvalue weighted by atomic mass is 9.64. The van der Waals surface area contributed by atoms with Crippen LogP contribution in [0.5, 0.6) is 0 Å². The highest BCUT2D eigenvalue weighted by molar-refractivity contribution is 5.84. The topological polar surface area (TPSA) is 66.4 Å². The maximum Gasteiger partial charge on any atom is 0.312 e. The second-order valence-electron chi connectivity index (χ2n) is 6.74. The summed E-state index contributed by atoms with van der Waals surface area (Å²) in [6.45, 7) is 4.40. The number of amides is 1. The Morgan fingerprint density at radius 1 is 1.23 bits per heavy atom. The molecule has 0 saturated heterocycles. The molecule has 1 aliphatic carbocycles. The number of aliphatic carboxylic acids is 1. The molecule has 0 aromatic heterocycles. The van der Waals surface area contributed by atoms with Crippen LogP contribution < -0.4 is 5.32 Å². The molecule has 0 bridgehead atoms. The van der Waals surface area contributed by atoms with Crippen molar-refractivity contribution < 1.29 is 14.7 Å². The maximum absolute atomic E-state index is 12.5. The minimum absolute atomic E-state index is 0.0228. The zero-order valence-corrected chi connectivity index (χ0v) is 13.3. The summed E-state index contributed by atoms with van der Waals surface area (Å²) >= 11 is 0. The van der Waals surface area contributed by atoms with Crippen LogP contribution in [0.15, 0.2) is 30.3 Å². The monoisotopic (exact) mass is 303 g/mol. The largest absolute Gasteiger partial charge is 0.481 e. The van der Waals surface area contributed by atoms with E-state index in [-0.39, 0.29) is 17.9 Å². The van der Waals surface area contributed by atoms with Gasteiger partial charge in [0, 0.05) is 12.0 Å². The van der Waals surface area contributed by atoms with Gasteiger partial charge in [-0.2, -0.15) is 0 Å². The van der Waals surface area contributed by atoms with Crippen LogP contribution in [0.2, 0.25) is 0 Å². The number of nitrogens with one attached hydrogen (secondary N) is 1. The summed E-state index contributed by atoms with van der Waals surface area (Å²) in [5.74, 6) is -1.11. The highest BCUT2D eigenvalue weighted by Gasteiger charge is 2.44. The Balaban J connectivity index is 2.00. The lowest BCUT2D eigenvalue weighted by Gasteiger charge is -2.41. The molecular formula is C18H25NO3. The third-order valence-corrected chi connectivity index (χ3v) is 4.56. The molecule has 4 nitrogen and oxygen atoms in total. The van der Waals surface area contributed by atoms with E-state index in [4.69, 9.17) is 0 Å². The first-order valence-electron chi connectivity index (χ1n) is 8.01. The van der Waals surface area contributed by atoms with Crippen LogP contribution in [0, 0.1) is 11.3 Å². The van der Waals surface area contributed by atoms with E-state index >= 15 is 0 Å². The minimum atomic E-state index is -0.905. The highest BCUT2D eigenvalue weighted by Crippen LogP contribution is 2.46. The Morgan fingerprint density at radius 2 is 1.86 bits per heavy atom. The molecule has 2 rings (SSSR count). The number of benzene rings is 1. The van der Waals surface area contributed by atoms with Crippen molar-refractivity contribution in [2.24, 2.45) is 11.3 Å². The molecule has 1 fully saturated rings. The summed E-state index contributed by atoms with van der Waals surface area (Å²) in [6.07, 6.45) is 3.79. The fourth-order valence-corrected chi connectivity index (χ4v) is 3.32. The molecular weight excluding hydrogens is 278 g/mol. The van der Waals surface area contributed by atoms with Gasteiger partial charge in [0.25, 0.3) is 0 Å². The number of carbonyl (C=O) groups is 2. The van der Waals surface area contributed by atoms with Crippen LogP contribution in [-0.4, -0.2) is 23.5 Å². The standard InChI is InChI=1S/C18H25NO3/c1-13(2)11-18(9-6-10-18)17(22)19-12-15(16(20)21)14-7-4-3-5-8-14/h3-5,7-8,13,15H,6,9-12H2,1-2H3,(H,19,22)(H,20,21). The van der Waals surface area contributed by atoms with E-state index < -0.39 is 11.9 Å². The van der Waals surface area contributed by atoms with Crippen molar-refractivity contribution in [2.75, 3.05) is 6.54 Å². The van der Waals surface area contributed by atoms with E-state index in [0.29, 0.717) is 5.92 Å². The van der Waals surface area contributed by atoms with E-state index in [9.17, 15) is 14.7 Å². The number of carboxylic acids is 1. The summed E-state index contributed by atoms with van der Waals surface area (Å²) in [6, 6.07) is 9.07. The van der Waals surface area contributed by atoms with Crippen LogP contribution in [0.25, 0.3) is 0 Å². The maximum atomic E-state index is 12.5. The summed E-state index contributed by atoms with van der Waals surface area (Å²) in [5, 5.41) is 12.3. The van der Waals surface area contributed by atoms with Crippen LogP contribution in [0.3, 0.4) is 0 Å². The average molecular weight is 303 g/mol. The number of carbonyl (C=O) groups excluding carboxylic acids is 1. The van der Waals surface area contributed by atoms with Crippen LogP contribution >= 0.6 is 0 Å². The van der Waals surface area contributed by atoms with Gasteiger partial charge in [-0.3, -0.25) is 9.59 Å². The molecule has 0 spiro atoms. The number of carboxylic acid groups (broad SMARTS) is 1. The van der Waals surface area contributed by atoms with E-state index in [2.05, 4.69) is 19.2 Å². The van der Waals surface area contributed by atoms with Gasteiger partial charge in [0.1, 0.15) is 0 Å². The van der Waals surface area contributed by atoms with Gasteiger partial charge in [0.2, 0.25) is 5.91 Å². The molecule has 120 valence electrons. The second-order valence-corrected chi connectivity index (χ2v) is 6.74. The molecule has 1 atom stereocenters. The molecule has 1 amide bonds. The van der Waals surface area contributed by atoms with E-state index in [1.54, 1.807) is 12.1 Å². The van der Waals surface area contributed by atoms with Crippen molar-refractivity contribution in [2.45, 2.75) is 45.4 Å². The third kappa shape index (κ3) is 3.67. The predicted molar refractivity (Wildman–Crippen MR) is 85.6 cm³/mol. The normalized spacial score (nSPS) is 17.6. The van der Waals surface area contributed by atoms with Crippen molar-refractivity contribution >= 4 is 11.9 Å². The lowest BCUT2D eigenvalue weighted by Crippen LogP contribution is -2.47. The summed E-state index contributed by atoms with van der Waals surface area (Å²) in [7, 11) is 0. The Morgan fingerprint density at radius 3 is 2.32 bits per heavy atom. The Labute approximate surface area is 131 Å². The Bertz CT molecular complexity index is 520. The van der Waals surface area contributed by atoms with Gasteiger partial charge in [-0.05, 0) is 30.7 Å². The molecule has 2 N–H and O–H groups in total. The lowest BCUT2D eigenvalue weighted by molar-refractivity contribution is -0.140. The van der Waals surface area contributed by atoms with Gasteiger partial charge in [0.05, 0.1) is 5.92 Å². The SMILES string of the molecule is CC(C)CC1(C(=O)NCC(C(=O)O)c2ccccc2)CCC1. The van der Waals surface area contributed by atoms with Crippen molar-refractivity contribution in [3.8, 4) is 0 Å². The number of hydrogen-bond donors (Lipinski definition) is 2. The van der Waals surface area contributed by atoms with E-state index in [1.165, 1.54) is 0 Å². The molecule has 1 unspecified atom stereocenters. The predicted octanol–water partition coefficient (Wildman–Crippen LogP) is 3.19. The molecule has 0 aliphatic heterocycles. The fourth-order valence-electron chi connectivity index (χ4n) is 3.32. The van der Waals surface area contributed by atoms with Crippen molar-refractivity contribution in [1.82, 2.24) is 5.32 Å². The molecule has 0 radical (unpaired) electrons. The minimum Gasteiger partial charge on any atom is -0.481 e. The van der Waals surface area contributed by atoms with E-state index in [1.807, 2.05) is 18.2 Å². The Hall–Kier alpha value is -1.84. The molecule has 4 heteroatoms. The third-order valence-electron chi connectivity index (χ3n) is 4.56. The van der Waals surface area contributed by atoms with Crippen LogP contribution in [0.4, 0.5) is 0 Å². The van der Waals surface area contributed by atoms with Gasteiger partial charge in [-0.1, -0.05) is 50.6 Å². The first kappa shape index (κ1) is 16.5. The summed E-state index contributed by atoms with van der Waals surface area (Å²) in [5.41, 5.74) is 0.454. The van der Waals surface area contributed by atoms with Gasteiger partial charge in [-0.25, -0.2) is 0 Å². The van der Waals surface area contributed by atoms with Crippen LogP contribution in [0.1, 0.15) is 51.0 Å². The van der Waals surface area contributed by atoms with Crippen LogP contribution in [-0.2, 0) is 9.59 Å². The molecule has 1 aromatic carbocycles. The molecule has 0 heterocycles. The average Bonchev–Trinajstić information content (AvgIpc) is 2.43. The first-order valence-corrected chi connectivity index (χ1v) is 8.01. The molecule has 1 aliphatic rings. The number of rotatable bonds is 7. The molecule has 22 heavy (non-hydrogen) atoms. The Kier molecular flexibility index (Phi) is 5.22. The van der Waals surface area contributed by atoms with Crippen molar-refractivity contribution in [3.05, 3.63) is 35.9 Å². The highest BCUT2D eigenvalue weighted by atomic mass is 16.4. The van der Waals surface area contributed by atoms with Crippen molar-refractivity contribution in [1.29, 1.82) is 0 Å². The smallest absolute Gasteiger partial charge is 0.312 e. The quantitative estimate of drug-likeness (QED) is 0.813. The fraction of sp³-hybridized carbons (Fsp3) is 0.556. The molecule has 1 saturated carbocycles. The van der Waals surface area contributed by atoms with Gasteiger partial charge >= 0.3 is 5.97 Å². The van der Waals surface area contributed by atoms with Gasteiger partial charge in [0.15, 0.2) is 0 Å². The summed E-state index contributed by atoms with van der Waals surface area (Å²) in [4.78, 5) is 24.0. The first-order chi connectivity index (χ1) is 10.4. The summed E-state index contributed by atoms with van der Waals surface area (Å²) < 4.78 is 0. The van der Waals surface area contributed by atoms with Gasteiger partial charge in [-0.15, -0.1) is 0 Å². The van der Waals surface area contributed by atoms with E-state index in [0.717, 1.165) is 31.2 Å². The number of hydrogen-bond acceptors (Lipinski definition) is 2. The van der Waals surface area contributed by atoms with Gasteiger partial charge < -0.3 is 10.4 Å². The molecule has 1 aromatic rings.